The zero-order valence-electron chi connectivity index (χ0n) is 26.9. The second-order valence-corrected chi connectivity index (χ2v) is 13.3. The van der Waals surface area contributed by atoms with E-state index in [0.717, 1.165) is 45.2 Å². The van der Waals surface area contributed by atoms with Crippen molar-refractivity contribution in [1.82, 2.24) is 14.9 Å². The summed E-state index contributed by atoms with van der Waals surface area (Å²) >= 11 is 0. The molecular weight excluding hydrogens is 548 g/mol. The van der Waals surface area contributed by atoms with Crippen LogP contribution >= 0.6 is 0 Å². The second kappa shape index (κ2) is 13.2. The van der Waals surface area contributed by atoms with Gasteiger partial charge in [-0.05, 0) is 83.7 Å². The smallest absolute Gasteiger partial charge is 0.340 e. The maximum Gasteiger partial charge on any atom is 0.340 e. The summed E-state index contributed by atoms with van der Waals surface area (Å²) in [6.45, 7) is 11.7. The van der Waals surface area contributed by atoms with Crippen molar-refractivity contribution in [3.05, 3.63) is 78.1 Å². The van der Waals surface area contributed by atoms with Gasteiger partial charge in [-0.1, -0.05) is 83.5 Å². The molecule has 0 spiro atoms. The van der Waals surface area contributed by atoms with Crippen molar-refractivity contribution in [2.24, 2.45) is 17.8 Å². The van der Waals surface area contributed by atoms with Gasteiger partial charge in [0.2, 0.25) is 0 Å². The second-order valence-electron chi connectivity index (χ2n) is 13.3. The summed E-state index contributed by atoms with van der Waals surface area (Å²) in [5.41, 5.74) is 5.81. The molecule has 0 saturated heterocycles. The Morgan fingerprint density at radius 1 is 1.02 bits per heavy atom. The number of methoxy groups -OCH3 is 1. The van der Waals surface area contributed by atoms with Crippen LogP contribution in [0.1, 0.15) is 82.6 Å². The summed E-state index contributed by atoms with van der Waals surface area (Å²) in [5.74, 6) is 1.70. The number of fused-ring (bicyclic) bond motifs is 1. The minimum Gasteiger partial charge on any atom is -0.465 e. The fourth-order valence-corrected chi connectivity index (χ4v) is 6.58. The average molecular weight is 595 g/mol. The number of nitrogens with one attached hydrogen (secondary N) is 2. The van der Waals surface area contributed by atoms with Crippen LogP contribution < -0.4 is 10.6 Å². The van der Waals surface area contributed by atoms with Crippen LogP contribution in [-0.2, 0) is 10.2 Å². The lowest BCUT2D eigenvalue weighted by Gasteiger charge is -2.32. The first kappa shape index (κ1) is 31.3. The monoisotopic (exact) mass is 594 g/mol. The fraction of sp³-hybridized carbons (Fsp3) is 0.432. The molecule has 232 valence electrons. The Morgan fingerprint density at radius 3 is 2.41 bits per heavy atom. The molecule has 1 heterocycles. The van der Waals surface area contributed by atoms with Crippen LogP contribution in [-0.4, -0.2) is 35.2 Å². The standard InChI is InChI=1S/C37H46N4O3/c1-7-24(2)26-15-13-25(14-16-26)22-38-36(43)40-28-17-20-31-32(21-28)41(23-39-31)34-30(37(3,4)5)19-18-29(33(34)35(42)44-6)27-11-9-8-10-12-27/h8-12,17-21,23-26H,7,13-16,22H2,1-6H3,(H2,38,40,43). The average Bonchev–Trinajstić information content (AvgIpc) is 3.45. The first-order valence-electron chi connectivity index (χ1n) is 15.9. The van der Waals surface area contributed by atoms with Gasteiger partial charge >= 0.3 is 12.0 Å². The highest BCUT2D eigenvalue weighted by atomic mass is 16.5. The molecule has 7 nitrogen and oxygen atoms in total. The van der Waals surface area contributed by atoms with Gasteiger partial charge in [0, 0.05) is 12.2 Å². The van der Waals surface area contributed by atoms with Crippen LogP contribution in [0.25, 0.3) is 27.8 Å². The topological polar surface area (TPSA) is 85.3 Å². The van der Waals surface area contributed by atoms with E-state index in [4.69, 9.17) is 4.74 Å². The number of esters is 1. The highest BCUT2D eigenvalue weighted by Gasteiger charge is 2.29. The van der Waals surface area contributed by atoms with E-state index in [1.54, 1.807) is 6.33 Å². The summed E-state index contributed by atoms with van der Waals surface area (Å²) < 4.78 is 7.31. The Labute approximate surface area is 261 Å². The van der Waals surface area contributed by atoms with Gasteiger partial charge < -0.3 is 15.4 Å². The molecule has 1 unspecified atom stereocenters. The number of rotatable bonds is 8. The van der Waals surface area contributed by atoms with Gasteiger partial charge in [-0.25, -0.2) is 14.6 Å². The summed E-state index contributed by atoms with van der Waals surface area (Å²) in [5, 5.41) is 6.13. The number of hydrogen-bond donors (Lipinski definition) is 2. The number of carbonyl (C=O) groups is 2. The zero-order valence-corrected chi connectivity index (χ0v) is 26.9. The zero-order chi connectivity index (χ0) is 31.4. The molecule has 1 aliphatic rings. The summed E-state index contributed by atoms with van der Waals surface area (Å²) in [6.07, 6.45) is 7.82. The maximum atomic E-state index is 13.5. The number of imidazole rings is 1. The third-order valence-corrected chi connectivity index (χ3v) is 9.40. The van der Waals surface area contributed by atoms with E-state index in [1.165, 1.54) is 39.2 Å². The van der Waals surface area contributed by atoms with E-state index in [-0.39, 0.29) is 11.4 Å². The van der Waals surface area contributed by atoms with Gasteiger partial charge in [0.15, 0.2) is 0 Å². The molecule has 5 rings (SSSR count). The number of benzene rings is 3. The van der Waals surface area contributed by atoms with E-state index in [0.29, 0.717) is 23.7 Å². The number of aromatic nitrogens is 2. The van der Waals surface area contributed by atoms with Crippen LogP contribution in [0, 0.1) is 17.8 Å². The van der Waals surface area contributed by atoms with Gasteiger partial charge in [-0.2, -0.15) is 0 Å². The van der Waals surface area contributed by atoms with Crippen LogP contribution in [0.15, 0.2) is 67.0 Å². The van der Waals surface area contributed by atoms with Crippen molar-refractivity contribution in [3.63, 3.8) is 0 Å². The first-order valence-corrected chi connectivity index (χ1v) is 15.9. The number of amides is 2. The lowest BCUT2D eigenvalue weighted by atomic mass is 9.75. The summed E-state index contributed by atoms with van der Waals surface area (Å²) in [7, 11) is 1.41. The molecule has 1 atom stereocenters. The first-order chi connectivity index (χ1) is 21.1. The molecule has 0 aliphatic heterocycles. The Bertz CT molecular complexity index is 1610. The van der Waals surface area contributed by atoms with Crippen LogP contribution in [0.3, 0.4) is 0 Å². The van der Waals surface area contributed by atoms with E-state index < -0.39 is 5.97 Å². The predicted octanol–water partition coefficient (Wildman–Crippen LogP) is 8.75. The van der Waals surface area contributed by atoms with E-state index >= 15 is 0 Å². The highest BCUT2D eigenvalue weighted by Crippen LogP contribution is 2.39. The predicted molar refractivity (Wildman–Crippen MR) is 178 cm³/mol. The largest absolute Gasteiger partial charge is 0.465 e. The van der Waals surface area contributed by atoms with Crippen molar-refractivity contribution in [2.75, 3.05) is 19.0 Å². The molecule has 1 aliphatic carbocycles. The van der Waals surface area contributed by atoms with Gasteiger partial charge in [-0.15, -0.1) is 0 Å². The Kier molecular flexibility index (Phi) is 9.42. The van der Waals surface area contributed by atoms with Crippen molar-refractivity contribution >= 4 is 28.7 Å². The van der Waals surface area contributed by atoms with Gasteiger partial charge in [0.25, 0.3) is 0 Å². The van der Waals surface area contributed by atoms with Gasteiger partial charge in [-0.3, -0.25) is 4.57 Å². The molecule has 1 aromatic heterocycles. The lowest BCUT2D eigenvalue weighted by Crippen LogP contribution is -2.34. The van der Waals surface area contributed by atoms with Gasteiger partial charge in [0.1, 0.15) is 6.33 Å². The lowest BCUT2D eigenvalue weighted by molar-refractivity contribution is 0.0601. The molecule has 0 bridgehead atoms. The Morgan fingerprint density at radius 2 is 1.75 bits per heavy atom. The molecular formula is C37H46N4O3. The summed E-state index contributed by atoms with van der Waals surface area (Å²) in [6, 6.07) is 19.4. The quantitative estimate of drug-likeness (QED) is 0.200. The third-order valence-electron chi connectivity index (χ3n) is 9.40. The van der Waals surface area contributed by atoms with E-state index in [2.05, 4.69) is 56.3 Å². The van der Waals surface area contributed by atoms with Crippen molar-refractivity contribution in [2.45, 2.75) is 72.1 Å². The fourth-order valence-electron chi connectivity index (χ4n) is 6.58. The van der Waals surface area contributed by atoms with Gasteiger partial charge in [0.05, 0.1) is 29.4 Å². The number of anilines is 1. The third kappa shape index (κ3) is 6.67. The van der Waals surface area contributed by atoms with Crippen LogP contribution in [0.5, 0.6) is 0 Å². The molecule has 44 heavy (non-hydrogen) atoms. The Balaban J connectivity index is 1.45. The molecule has 1 saturated carbocycles. The highest BCUT2D eigenvalue weighted by molar-refractivity contribution is 6.03. The number of ether oxygens (including phenoxy) is 1. The minimum atomic E-state index is -0.418. The van der Waals surface area contributed by atoms with Crippen LogP contribution in [0.4, 0.5) is 10.5 Å². The molecule has 3 aromatic carbocycles. The number of hydrogen-bond acceptors (Lipinski definition) is 4. The number of urea groups is 1. The molecule has 0 radical (unpaired) electrons. The van der Waals surface area contributed by atoms with Crippen molar-refractivity contribution in [1.29, 1.82) is 0 Å². The maximum absolute atomic E-state index is 13.5. The molecule has 2 N–H and O–H groups in total. The molecule has 2 amide bonds. The summed E-state index contributed by atoms with van der Waals surface area (Å²) in [4.78, 5) is 31.1. The van der Waals surface area contributed by atoms with E-state index in [9.17, 15) is 9.59 Å². The number of carbonyl (C=O) groups excluding carboxylic acids is 2. The molecule has 7 heteroatoms. The Hall–Kier alpha value is -4.13. The molecule has 4 aromatic rings. The molecule has 1 fully saturated rings. The normalized spacial score (nSPS) is 17.7. The SMILES string of the molecule is CCC(C)C1CCC(CNC(=O)Nc2ccc3ncn(-c4c(C(C)(C)C)ccc(-c5ccccc5)c4C(=O)OC)c3c2)CC1. The van der Waals surface area contributed by atoms with Crippen LogP contribution in [0.2, 0.25) is 0 Å². The van der Waals surface area contributed by atoms with E-state index in [1.807, 2.05) is 59.2 Å². The van der Waals surface area contributed by atoms with Crippen molar-refractivity contribution in [3.8, 4) is 16.8 Å². The number of nitrogens with zero attached hydrogens (tertiary/aromatic N) is 2. The van der Waals surface area contributed by atoms with Crippen molar-refractivity contribution < 1.29 is 14.3 Å². The minimum absolute atomic E-state index is 0.212.